The summed E-state index contributed by atoms with van der Waals surface area (Å²) in [5.41, 5.74) is 0.0911. The molecule has 0 N–H and O–H groups in total. The van der Waals surface area contributed by atoms with E-state index in [4.69, 9.17) is 4.74 Å². The summed E-state index contributed by atoms with van der Waals surface area (Å²) in [6, 6.07) is 0.728. The van der Waals surface area contributed by atoms with Crippen LogP contribution in [0.15, 0.2) is 0 Å². The number of hydrogen-bond acceptors (Lipinski definition) is 2. The first-order valence-corrected chi connectivity index (χ1v) is 5.05. The first-order valence-electron chi connectivity index (χ1n) is 5.05. The van der Waals surface area contributed by atoms with Crippen molar-refractivity contribution < 1.29 is 4.74 Å². The molecule has 1 unspecified atom stereocenters. The fraction of sp³-hybridized carbons (Fsp3) is 1.00. The SMILES string of the molecule is CC1(C)CN2CCCCC2CO1. The van der Waals surface area contributed by atoms with E-state index in [1.165, 1.54) is 25.8 Å². The second kappa shape index (κ2) is 3.00. The van der Waals surface area contributed by atoms with Gasteiger partial charge in [0.2, 0.25) is 0 Å². The van der Waals surface area contributed by atoms with Gasteiger partial charge in [-0.05, 0) is 33.2 Å². The monoisotopic (exact) mass is 169 g/mol. The molecule has 0 amide bonds. The topological polar surface area (TPSA) is 12.5 Å². The molecule has 0 radical (unpaired) electrons. The number of hydrogen-bond donors (Lipinski definition) is 0. The molecule has 70 valence electrons. The number of nitrogens with zero attached hydrogens (tertiary/aromatic N) is 1. The Bertz CT molecular complexity index is 167. The van der Waals surface area contributed by atoms with Crippen LogP contribution >= 0.6 is 0 Å². The molecule has 1 atom stereocenters. The van der Waals surface area contributed by atoms with Crippen LogP contribution < -0.4 is 0 Å². The van der Waals surface area contributed by atoms with Crippen molar-refractivity contribution in [1.29, 1.82) is 0 Å². The zero-order valence-electron chi connectivity index (χ0n) is 8.18. The van der Waals surface area contributed by atoms with Crippen LogP contribution in [0.25, 0.3) is 0 Å². The Hall–Kier alpha value is -0.0800. The lowest BCUT2D eigenvalue weighted by Crippen LogP contribution is -2.55. The van der Waals surface area contributed by atoms with Gasteiger partial charge in [-0.25, -0.2) is 0 Å². The molecule has 2 aliphatic heterocycles. The molecule has 2 heterocycles. The summed E-state index contributed by atoms with van der Waals surface area (Å²) in [6.07, 6.45) is 4.12. The molecule has 12 heavy (non-hydrogen) atoms. The van der Waals surface area contributed by atoms with Gasteiger partial charge in [0, 0.05) is 12.6 Å². The summed E-state index contributed by atoms with van der Waals surface area (Å²) in [6.45, 7) is 7.75. The van der Waals surface area contributed by atoms with E-state index < -0.39 is 0 Å². The van der Waals surface area contributed by atoms with Crippen molar-refractivity contribution in [2.24, 2.45) is 0 Å². The second-order valence-electron chi connectivity index (χ2n) is 4.69. The predicted molar refractivity (Wildman–Crippen MR) is 49.2 cm³/mol. The lowest BCUT2D eigenvalue weighted by molar-refractivity contribution is -0.122. The second-order valence-corrected chi connectivity index (χ2v) is 4.69. The Morgan fingerprint density at radius 3 is 3.00 bits per heavy atom. The lowest BCUT2D eigenvalue weighted by atomic mass is 9.97. The molecule has 2 fully saturated rings. The van der Waals surface area contributed by atoms with Gasteiger partial charge >= 0.3 is 0 Å². The van der Waals surface area contributed by atoms with Gasteiger partial charge in [0.1, 0.15) is 0 Å². The molecular formula is C10H19NO. The number of fused-ring (bicyclic) bond motifs is 1. The molecule has 0 bridgehead atoms. The Balaban J connectivity index is 1.99. The summed E-state index contributed by atoms with van der Waals surface area (Å²) >= 11 is 0. The minimum Gasteiger partial charge on any atom is -0.373 e. The first-order chi connectivity index (χ1) is 5.67. The quantitative estimate of drug-likeness (QED) is 0.546. The van der Waals surface area contributed by atoms with Crippen LogP contribution in [0.5, 0.6) is 0 Å². The van der Waals surface area contributed by atoms with Crippen LogP contribution in [0.4, 0.5) is 0 Å². The van der Waals surface area contributed by atoms with Crippen LogP contribution in [0, 0.1) is 0 Å². The number of piperidine rings is 1. The van der Waals surface area contributed by atoms with Gasteiger partial charge in [-0.15, -0.1) is 0 Å². The largest absolute Gasteiger partial charge is 0.373 e. The van der Waals surface area contributed by atoms with E-state index in [1.54, 1.807) is 0 Å². The Kier molecular flexibility index (Phi) is 2.13. The molecule has 0 spiro atoms. The average molecular weight is 169 g/mol. The van der Waals surface area contributed by atoms with Gasteiger partial charge in [-0.2, -0.15) is 0 Å². The molecule has 2 rings (SSSR count). The van der Waals surface area contributed by atoms with E-state index in [0.29, 0.717) is 0 Å². The highest BCUT2D eigenvalue weighted by atomic mass is 16.5. The maximum absolute atomic E-state index is 5.79. The zero-order valence-corrected chi connectivity index (χ0v) is 8.18. The maximum Gasteiger partial charge on any atom is 0.0753 e. The van der Waals surface area contributed by atoms with Crippen LogP contribution in [-0.2, 0) is 4.74 Å². The Morgan fingerprint density at radius 1 is 1.33 bits per heavy atom. The van der Waals surface area contributed by atoms with Crippen molar-refractivity contribution in [3.05, 3.63) is 0 Å². The van der Waals surface area contributed by atoms with E-state index in [-0.39, 0.29) is 5.60 Å². The predicted octanol–water partition coefficient (Wildman–Crippen LogP) is 1.65. The van der Waals surface area contributed by atoms with Gasteiger partial charge in [0.15, 0.2) is 0 Å². The highest BCUT2D eigenvalue weighted by Gasteiger charge is 2.34. The highest BCUT2D eigenvalue weighted by molar-refractivity contribution is 4.87. The maximum atomic E-state index is 5.79. The number of ether oxygens (including phenoxy) is 1. The fourth-order valence-electron chi connectivity index (χ4n) is 2.31. The molecule has 0 aromatic rings. The average Bonchev–Trinajstić information content (AvgIpc) is 2.02. The summed E-state index contributed by atoms with van der Waals surface area (Å²) in [5.74, 6) is 0. The van der Waals surface area contributed by atoms with E-state index in [1.807, 2.05) is 0 Å². The summed E-state index contributed by atoms with van der Waals surface area (Å²) in [4.78, 5) is 2.60. The zero-order chi connectivity index (χ0) is 8.60. The summed E-state index contributed by atoms with van der Waals surface area (Å²) in [7, 11) is 0. The van der Waals surface area contributed by atoms with Crippen molar-refractivity contribution >= 4 is 0 Å². The Labute approximate surface area is 74.9 Å². The van der Waals surface area contributed by atoms with E-state index in [9.17, 15) is 0 Å². The van der Waals surface area contributed by atoms with Crippen LogP contribution in [0.3, 0.4) is 0 Å². The molecule has 0 aromatic heterocycles. The third-order valence-electron chi connectivity index (χ3n) is 3.00. The van der Waals surface area contributed by atoms with Gasteiger partial charge in [0.05, 0.1) is 12.2 Å². The molecule has 2 saturated heterocycles. The van der Waals surface area contributed by atoms with E-state index in [2.05, 4.69) is 18.7 Å². The van der Waals surface area contributed by atoms with Crippen LogP contribution in [0.1, 0.15) is 33.1 Å². The lowest BCUT2D eigenvalue weighted by Gasteiger charge is -2.46. The molecule has 2 nitrogen and oxygen atoms in total. The van der Waals surface area contributed by atoms with E-state index in [0.717, 1.165) is 19.2 Å². The first kappa shape index (κ1) is 8.52. The fourth-order valence-corrected chi connectivity index (χ4v) is 2.31. The molecular weight excluding hydrogens is 150 g/mol. The standard InChI is InChI=1S/C10H19NO/c1-10(2)8-11-6-4-3-5-9(11)7-12-10/h9H,3-8H2,1-2H3. The van der Waals surface area contributed by atoms with Gasteiger partial charge in [-0.1, -0.05) is 6.42 Å². The van der Waals surface area contributed by atoms with Gasteiger partial charge < -0.3 is 4.74 Å². The smallest absolute Gasteiger partial charge is 0.0753 e. The minimum atomic E-state index is 0.0911. The summed E-state index contributed by atoms with van der Waals surface area (Å²) < 4.78 is 5.79. The molecule has 0 aromatic carbocycles. The minimum absolute atomic E-state index is 0.0911. The third kappa shape index (κ3) is 1.64. The molecule has 2 heteroatoms. The van der Waals surface area contributed by atoms with E-state index >= 15 is 0 Å². The van der Waals surface area contributed by atoms with Crippen molar-refractivity contribution in [1.82, 2.24) is 4.90 Å². The molecule has 0 saturated carbocycles. The van der Waals surface area contributed by atoms with Gasteiger partial charge in [-0.3, -0.25) is 4.90 Å². The summed E-state index contributed by atoms with van der Waals surface area (Å²) in [5, 5.41) is 0. The third-order valence-corrected chi connectivity index (χ3v) is 3.00. The van der Waals surface area contributed by atoms with Crippen molar-refractivity contribution in [3.8, 4) is 0 Å². The van der Waals surface area contributed by atoms with Gasteiger partial charge in [0.25, 0.3) is 0 Å². The van der Waals surface area contributed by atoms with Crippen molar-refractivity contribution in [2.45, 2.75) is 44.8 Å². The normalized spacial score (nSPS) is 36.0. The van der Waals surface area contributed by atoms with Crippen molar-refractivity contribution in [3.63, 3.8) is 0 Å². The number of morpholine rings is 1. The van der Waals surface area contributed by atoms with Crippen LogP contribution in [-0.4, -0.2) is 36.2 Å². The van der Waals surface area contributed by atoms with Crippen molar-refractivity contribution in [2.75, 3.05) is 19.7 Å². The Morgan fingerprint density at radius 2 is 2.17 bits per heavy atom. The van der Waals surface area contributed by atoms with Crippen LogP contribution in [0.2, 0.25) is 0 Å². The number of rotatable bonds is 0. The molecule has 0 aliphatic carbocycles. The molecule has 2 aliphatic rings. The highest BCUT2D eigenvalue weighted by Crippen LogP contribution is 2.26.